The predicted molar refractivity (Wildman–Crippen MR) is 92.2 cm³/mol. The third-order valence-electron chi connectivity index (χ3n) is 3.89. The van der Waals surface area contributed by atoms with Crippen molar-refractivity contribution >= 4 is 22.4 Å². The van der Waals surface area contributed by atoms with Crippen LogP contribution in [0.25, 0.3) is 21.9 Å². The number of fused-ring (bicyclic) bond motifs is 1. The first-order valence-electron chi connectivity index (χ1n) is 7.06. The predicted octanol–water partition coefficient (Wildman–Crippen LogP) is 5.49. The highest BCUT2D eigenvalue weighted by atomic mass is 35.5. The van der Waals surface area contributed by atoms with Gasteiger partial charge in [0.2, 0.25) is 0 Å². The number of halogens is 1. The molecule has 2 nitrogen and oxygen atoms in total. The summed E-state index contributed by atoms with van der Waals surface area (Å²) in [6, 6.07) is 16.5. The van der Waals surface area contributed by atoms with Crippen molar-refractivity contribution in [2.24, 2.45) is 0 Å². The molecule has 0 radical (unpaired) electrons. The summed E-state index contributed by atoms with van der Waals surface area (Å²) < 4.78 is 11.1. The van der Waals surface area contributed by atoms with Crippen LogP contribution in [0.2, 0.25) is 5.02 Å². The number of hydrogen-bond acceptors (Lipinski definition) is 2. The number of benzene rings is 3. The minimum atomic E-state index is 0.597. The second-order valence-electron chi connectivity index (χ2n) is 5.13. The molecule has 0 atom stereocenters. The zero-order valence-electron chi connectivity index (χ0n) is 12.8. The first kappa shape index (κ1) is 14.7. The lowest BCUT2D eigenvalue weighted by atomic mass is 9.98. The summed E-state index contributed by atoms with van der Waals surface area (Å²) >= 11 is 6.41. The fourth-order valence-electron chi connectivity index (χ4n) is 2.79. The monoisotopic (exact) mass is 312 g/mol. The summed E-state index contributed by atoms with van der Waals surface area (Å²) in [7, 11) is 3.30. The maximum Gasteiger partial charge on any atom is 0.145 e. The van der Waals surface area contributed by atoms with Gasteiger partial charge in [-0.25, -0.2) is 0 Å². The van der Waals surface area contributed by atoms with Gasteiger partial charge in [-0.15, -0.1) is 0 Å². The van der Waals surface area contributed by atoms with Gasteiger partial charge in [0.25, 0.3) is 0 Å². The Morgan fingerprint density at radius 3 is 2.09 bits per heavy atom. The van der Waals surface area contributed by atoms with Crippen LogP contribution in [0.5, 0.6) is 11.5 Å². The molecule has 0 amide bonds. The Hall–Kier alpha value is -2.19. The Kier molecular flexibility index (Phi) is 3.95. The smallest absolute Gasteiger partial charge is 0.145 e. The van der Waals surface area contributed by atoms with Gasteiger partial charge in [-0.1, -0.05) is 48.0 Å². The van der Waals surface area contributed by atoms with Gasteiger partial charge in [0.05, 0.1) is 19.2 Å². The van der Waals surface area contributed by atoms with Crippen molar-refractivity contribution in [3.8, 4) is 22.6 Å². The zero-order chi connectivity index (χ0) is 15.7. The topological polar surface area (TPSA) is 18.5 Å². The molecular weight excluding hydrogens is 296 g/mol. The number of hydrogen-bond donors (Lipinski definition) is 0. The lowest BCUT2D eigenvalue weighted by molar-refractivity contribution is 0.408. The summed E-state index contributed by atoms with van der Waals surface area (Å²) in [6.45, 7) is 1.94. The summed E-state index contributed by atoms with van der Waals surface area (Å²) in [6.07, 6.45) is 0. The van der Waals surface area contributed by atoms with E-state index in [1.54, 1.807) is 14.2 Å². The molecule has 3 heteroatoms. The Morgan fingerprint density at radius 2 is 1.45 bits per heavy atom. The number of rotatable bonds is 3. The van der Waals surface area contributed by atoms with E-state index in [2.05, 4.69) is 24.3 Å². The van der Waals surface area contributed by atoms with Crippen LogP contribution in [0.4, 0.5) is 0 Å². The van der Waals surface area contributed by atoms with Crippen LogP contribution in [0, 0.1) is 6.92 Å². The minimum absolute atomic E-state index is 0.597. The van der Waals surface area contributed by atoms with E-state index < -0.39 is 0 Å². The molecule has 0 unspecified atom stereocenters. The van der Waals surface area contributed by atoms with E-state index in [0.717, 1.165) is 33.2 Å². The molecule has 0 bridgehead atoms. The van der Waals surface area contributed by atoms with E-state index in [-0.39, 0.29) is 0 Å². The molecule has 0 saturated carbocycles. The maximum atomic E-state index is 6.41. The van der Waals surface area contributed by atoms with E-state index >= 15 is 0 Å². The molecule has 0 N–H and O–H groups in total. The lowest BCUT2D eigenvalue weighted by Gasteiger charge is -2.16. The third-order valence-corrected chi connectivity index (χ3v) is 4.35. The third kappa shape index (κ3) is 2.30. The van der Waals surface area contributed by atoms with Gasteiger partial charge in [0.1, 0.15) is 11.5 Å². The minimum Gasteiger partial charge on any atom is -0.496 e. The first-order chi connectivity index (χ1) is 10.7. The van der Waals surface area contributed by atoms with Crippen molar-refractivity contribution in [1.82, 2.24) is 0 Å². The standard InChI is InChI=1S/C19H17ClO2/c1-12-17(20)19(22-3)15-10-9-14(11-16(15)18(12)21-2)13-7-5-4-6-8-13/h4-11H,1-3H3. The number of methoxy groups -OCH3 is 2. The molecule has 3 aromatic carbocycles. The van der Waals surface area contributed by atoms with Crippen molar-refractivity contribution in [1.29, 1.82) is 0 Å². The van der Waals surface area contributed by atoms with E-state index in [4.69, 9.17) is 21.1 Å². The SMILES string of the molecule is COc1c(C)c(Cl)c(OC)c2ccc(-c3ccccc3)cc12. The fraction of sp³-hybridized carbons (Fsp3) is 0.158. The van der Waals surface area contributed by atoms with E-state index in [1.807, 2.05) is 31.2 Å². The van der Waals surface area contributed by atoms with Gasteiger partial charge < -0.3 is 9.47 Å². The fourth-order valence-corrected chi connectivity index (χ4v) is 3.06. The molecule has 0 aliphatic rings. The first-order valence-corrected chi connectivity index (χ1v) is 7.44. The van der Waals surface area contributed by atoms with Crippen LogP contribution >= 0.6 is 11.6 Å². The van der Waals surface area contributed by atoms with Crippen molar-refractivity contribution in [3.05, 3.63) is 59.1 Å². The van der Waals surface area contributed by atoms with Gasteiger partial charge in [-0.3, -0.25) is 0 Å². The van der Waals surface area contributed by atoms with Gasteiger partial charge >= 0.3 is 0 Å². The highest BCUT2D eigenvalue weighted by Gasteiger charge is 2.17. The quantitative estimate of drug-likeness (QED) is 0.637. The van der Waals surface area contributed by atoms with Crippen LogP contribution < -0.4 is 9.47 Å². The van der Waals surface area contributed by atoms with Crippen molar-refractivity contribution < 1.29 is 9.47 Å². The summed E-state index contributed by atoms with van der Waals surface area (Å²) in [4.78, 5) is 0. The van der Waals surface area contributed by atoms with Gasteiger partial charge in [0, 0.05) is 16.3 Å². The summed E-state index contributed by atoms with van der Waals surface area (Å²) in [5.74, 6) is 1.48. The molecule has 3 rings (SSSR count). The molecule has 0 fully saturated rings. The van der Waals surface area contributed by atoms with Gasteiger partial charge in [0.15, 0.2) is 0 Å². The Morgan fingerprint density at radius 1 is 0.773 bits per heavy atom. The highest BCUT2D eigenvalue weighted by molar-refractivity contribution is 6.34. The molecule has 0 saturated heterocycles. The van der Waals surface area contributed by atoms with Crippen LogP contribution in [0.1, 0.15) is 5.56 Å². The summed E-state index contributed by atoms with van der Waals surface area (Å²) in [5, 5.41) is 2.55. The highest BCUT2D eigenvalue weighted by Crippen LogP contribution is 2.44. The van der Waals surface area contributed by atoms with Crippen molar-refractivity contribution in [2.75, 3.05) is 14.2 Å². The average Bonchev–Trinajstić information content (AvgIpc) is 2.57. The molecule has 0 aliphatic heterocycles. The van der Waals surface area contributed by atoms with Crippen LogP contribution in [-0.4, -0.2) is 14.2 Å². The zero-order valence-corrected chi connectivity index (χ0v) is 13.6. The molecule has 22 heavy (non-hydrogen) atoms. The second kappa shape index (κ2) is 5.90. The van der Waals surface area contributed by atoms with Gasteiger partial charge in [-0.05, 0) is 30.2 Å². The molecule has 0 spiro atoms. The molecule has 0 aliphatic carbocycles. The molecular formula is C19H17ClO2. The van der Waals surface area contributed by atoms with Crippen molar-refractivity contribution in [3.63, 3.8) is 0 Å². The molecule has 3 aromatic rings. The Labute approximate surface area is 135 Å². The van der Waals surface area contributed by atoms with E-state index in [0.29, 0.717) is 10.8 Å². The molecule has 0 heterocycles. The van der Waals surface area contributed by atoms with Crippen LogP contribution in [0.15, 0.2) is 48.5 Å². The van der Waals surface area contributed by atoms with E-state index in [1.165, 1.54) is 0 Å². The van der Waals surface area contributed by atoms with Crippen LogP contribution in [0.3, 0.4) is 0 Å². The van der Waals surface area contributed by atoms with Crippen molar-refractivity contribution in [2.45, 2.75) is 6.92 Å². The summed E-state index contributed by atoms with van der Waals surface area (Å²) in [5.41, 5.74) is 3.19. The molecule has 0 aromatic heterocycles. The average molecular weight is 313 g/mol. The van der Waals surface area contributed by atoms with E-state index in [9.17, 15) is 0 Å². The van der Waals surface area contributed by atoms with Gasteiger partial charge in [-0.2, -0.15) is 0 Å². The Balaban J connectivity index is 2.34. The normalized spacial score (nSPS) is 10.7. The largest absolute Gasteiger partial charge is 0.496 e. The van der Waals surface area contributed by atoms with Crippen LogP contribution in [-0.2, 0) is 0 Å². The lowest BCUT2D eigenvalue weighted by Crippen LogP contribution is -1.95. The number of ether oxygens (including phenoxy) is 2. The Bertz CT molecular complexity index is 826. The molecule has 112 valence electrons. The second-order valence-corrected chi connectivity index (χ2v) is 5.51. The maximum absolute atomic E-state index is 6.41.